The molecule has 172 valence electrons. The third kappa shape index (κ3) is 4.58. The quantitative estimate of drug-likeness (QED) is 0.530. The molecule has 0 unspecified atom stereocenters. The average Bonchev–Trinajstić information content (AvgIpc) is 3.11. The van der Waals surface area contributed by atoms with E-state index in [9.17, 15) is 4.79 Å². The Bertz CT molecular complexity index is 1190. The molecule has 1 amide bonds. The van der Waals surface area contributed by atoms with Gasteiger partial charge >= 0.3 is 0 Å². The van der Waals surface area contributed by atoms with Crippen LogP contribution >= 0.6 is 11.8 Å². The van der Waals surface area contributed by atoms with E-state index in [2.05, 4.69) is 61.1 Å². The lowest BCUT2D eigenvalue weighted by molar-refractivity contribution is -0.115. The molecule has 0 aliphatic carbocycles. The third-order valence-electron chi connectivity index (χ3n) is 6.05. The Hall–Kier alpha value is -2.99. The molecule has 2 aliphatic rings. The van der Waals surface area contributed by atoms with Crippen molar-refractivity contribution in [3.63, 3.8) is 0 Å². The van der Waals surface area contributed by atoms with E-state index in [1.807, 2.05) is 37.3 Å². The standard InChI is InChI=1S/C27H31N3O2S/c1-7-12-30-22-15-23(32-6)19(13-20(22)18(3)16-27(30,4)5)14-24-25(31)29-26(33-24)28-21-11-9-8-10-17(21)2/h8-11,13-16H,7,12H2,1-6H3,(H,28,29,31)/b24-14+. The van der Waals surface area contributed by atoms with Crippen molar-refractivity contribution in [2.24, 2.45) is 4.99 Å². The average molecular weight is 462 g/mol. The van der Waals surface area contributed by atoms with Gasteiger partial charge < -0.3 is 15.0 Å². The van der Waals surface area contributed by atoms with Gasteiger partial charge in [0.25, 0.3) is 5.91 Å². The fraction of sp³-hybridized carbons (Fsp3) is 0.333. The number of amides is 1. The van der Waals surface area contributed by atoms with Crippen LogP contribution in [0.5, 0.6) is 5.75 Å². The Morgan fingerprint density at radius 2 is 1.97 bits per heavy atom. The molecule has 0 atom stereocenters. The Balaban J connectivity index is 1.72. The van der Waals surface area contributed by atoms with Crippen LogP contribution < -0.4 is 15.0 Å². The van der Waals surface area contributed by atoms with Crippen LogP contribution in [0.3, 0.4) is 0 Å². The number of thioether (sulfide) groups is 1. The summed E-state index contributed by atoms with van der Waals surface area (Å²) in [6.07, 6.45) is 5.28. The Labute approximate surface area is 200 Å². The SMILES string of the molecule is CCCN1c2cc(OC)c(/C=C3/SC(=Nc4ccccc4C)NC3=O)cc2C(C)=CC1(C)C. The van der Waals surface area contributed by atoms with Crippen molar-refractivity contribution in [1.82, 2.24) is 5.32 Å². The van der Waals surface area contributed by atoms with E-state index in [-0.39, 0.29) is 11.4 Å². The molecule has 4 rings (SSSR count). The first-order valence-electron chi connectivity index (χ1n) is 11.3. The second-order valence-electron chi connectivity index (χ2n) is 9.01. The summed E-state index contributed by atoms with van der Waals surface area (Å²) in [5.41, 5.74) is 6.31. The van der Waals surface area contributed by atoms with Gasteiger partial charge in [0.05, 0.1) is 23.2 Å². The Morgan fingerprint density at radius 1 is 1.21 bits per heavy atom. The monoisotopic (exact) mass is 461 g/mol. The lowest BCUT2D eigenvalue weighted by Gasteiger charge is -2.43. The normalized spacial score (nSPS) is 19.5. The molecule has 2 heterocycles. The van der Waals surface area contributed by atoms with Gasteiger partial charge in [-0.25, -0.2) is 4.99 Å². The molecule has 2 aromatic rings. The molecule has 1 fully saturated rings. The second-order valence-corrected chi connectivity index (χ2v) is 10.0. The van der Waals surface area contributed by atoms with Crippen LogP contribution in [0.4, 0.5) is 11.4 Å². The highest BCUT2D eigenvalue weighted by molar-refractivity contribution is 8.18. The Morgan fingerprint density at radius 3 is 2.67 bits per heavy atom. The molecule has 0 aromatic heterocycles. The summed E-state index contributed by atoms with van der Waals surface area (Å²) in [7, 11) is 1.68. The third-order valence-corrected chi connectivity index (χ3v) is 6.96. The number of nitrogens with one attached hydrogen (secondary N) is 1. The van der Waals surface area contributed by atoms with Crippen molar-refractivity contribution >= 4 is 45.9 Å². The lowest BCUT2D eigenvalue weighted by Crippen LogP contribution is -2.45. The summed E-state index contributed by atoms with van der Waals surface area (Å²) < 4.78 is 5.76. The van der Waals surface area contributed by atoms with Gasteiger partial charge in [0.15, 0.2) is 5.17 Å². The summed E-state index contributed by atoms with van der Waals surface area (Å²) in [6.45, 7) is 11.8. The number of allylic oxidation sites excluding steroid dienone is 1. The molecule has 0 spiro atoms. The number of rotatable bonds is 5. The van der Waals surface area contributed by atoms with Crippen LogP contribution in [0.1, 0.15) is 50.8 Å². The number of fused-ring (bicyclic) bond motifs is 1. The highest BCUT2D eigenvalue weighted by Crippen LogP contribution is 2.43. The number of methoxy groups -OCH3 is 1. The van der Waals surface area contributed by atoms with Crippen molar-refractivity contribution in [2.75, 3.05) is 18.6 Å². The number of nitrogens with zero attached hydrogens (tertiary/aromatic N) is 2. The number of carbonyl (C=O) groups excluding carboxylic acids is 1. The number of hydrogen-bond acceptors (Lipinski definition) is 5. The maximum atomic E-state index is 12.7. The van der Waals surface area contributed by atoms with Crippen molar-refractivity contribution in [3.05, 3.63) is 64.1 Å². The van der Waals surface area contributed by atoms with E-state index >= 15 is 0 Å². The molecular formula is C27H31N3O2S. The summed E-state index contributed by atoms with van der Waals surface area (Å²) in [5, 5.41) is 3.48. The molecule has 1 N–H and O–H groups in total. The number of anilines is 1. The van der Waals surface area contributed by atoms with Crippen molar-refractivity contribution < 1.29 is 9.53 Å². The summed E-state index contributed by atoms with van der Waals surface area (Å²) in [4.78, 5) is 20.4. The maximum Gasteiger partial charge on any atom is 0.264 e. The highest BCUT2D eigenvalue weighted by atomic mass is 32.2. The van der Waals surface area contributed by atoms with Gasteiger partial charge in [-0.15, -0.1) is 0 Å². The molecule has 2 aromatic carbocycles. The van der Waals surface area contributed by atoms with Gasteiger partial charge in [0.2, 0.25) is 0 Å². The van der Waals surface area contributed by atoms with Gasteiger partial charge in [-0.3, -0.25) is 4.79 Å². The van der Waals surface area contributed by atoms with E-state index in [4.69, 9.17) is 4.74 Å². The van der Waals surface area contributed by atoms with Crippen LogP contribution in [0.25, 0.3) is 11.6 Å². The predicted octanol–water partition coefficient (Wildman–Crippen LogP) is 6.31. The van der Waals surface area contributed by atoms with Gasteiger partial charge in [-0.05, 0) is 75.2 Å². The zero-order valence-corrected chi connectivity index (χ0v) is 21.0. The number of hydrogen-bond donors (Lipinski definition) is 1. The summed E-state index contributed by atoms with van der Waals surface area (Å²) in [6, 6.07) is 12.1. The predicted molar refractivity (Wildman–Crippen MR) is 140 cm³/mol. The first-order chi connectivity index (χ1) is 15.7. The number of amidine groups is 1. The second kappa shape index (κ2) is 9.10. The van der Waals surface area contributed by atoms with Gasteiger partial charge in [0.1, 0.15) is 5.75 Å². The van der Waals surface area contributed by atoms with Crippen molar-refractivity contribution in [1.29, 1.82) is 0 Å². The van der Waals surface area contributed by atoms with Crippen molar-refractivity contribution in [2.45, 2.75) is 46.6 Å². The van der Waals surface area contributed by atoms with Gasteiger partial charge in [0, 0.05) is 29.4 Å². The highest BCUT2D eigenvalue weighted by Gasteiger charge is 2.32. The fourth-order valence-electron chi connectivity index (χ4n) is 4.46. The minimum absolute atomic E-state index is 0.0692. The van der Waals surface area contributed by atoms with Crippen molar-refractivity contribution in [3.8, 4) is 5.75 Å². The zero-order chi connectivity index (χ0) is 23.8. The first-order valence-corrected chi connectivity index (χ1v) is 12.1. The summed E-state index contributed by atoms with van der Waals surface area (Å²) >= 11 is 1.35. The van der Waals surface area contributed by atoms with E-state index in [1.165, 1.54) is 28.6 Å². The van der Waals surface area contributed by atoms with Gasteiger partial charge in [-0.2, -0.15) is 0 Å². The lowest BCUT2D eigenvalue weighted by atomic mass is 9.87. The van der Waals surface area contributed by atoms with Crippen LogP contribution in [-0.4, -0.2) is 30.3 Å². The number of para-hydroxylation sites is 1. The number of benzene rings is 2. The molecule has 2 aliphatic heterocycles. The maximum absolute atomic E-state index is 12.7. The van der Waals surface area contributed by atoms with Crippen LogP contribution in [0, 0.1) is 6.92 Å². The number of ether oxygens (including phenoxy) is 1. The van der Waals surface area contributed by atoms with E-state index in [0.29, 0.717) is 10.1 Å². The minimum atomic E-state index is -0.145. The van der Waals surface area contributed by atoms with E-state index in [0.717, 1.165) is 35.5 Å². The molecule has 5 nitrogen and oxygen atoms in total. The smallest absolute Gasteiger partial charge is 0.264 e. The molecular weight excluding hydrogens is 430 g/mol. The molecule has 6 heteroatoms. The first kappa shape index (κ1) is 23.2. The van der Waals surface area contributed by atoms with Gasteiger partial charge in [-0.1, -0.05) is 31.2 Å². The zero-order valence-electron chi connectivity index (χ0n) is 20.2. The minimum Gasteiger partial charge on any atom is -0.496 e. The number of carbonyl (C=O) groups is 1. The molecule has 0 radical (unpaired) electrons. The Kier molecular flexibility index (Phi) is 6.39. The van der Waals surface area contributed by atoms with Crippen LogP contribution in [0.2, 0.25) is 0 Å². The van der Waals surface area contributed by atoms with Crippen LogP contribution in [0.15, 0.2) is 52.4 Å². The number of aliphatic imine (C=N–C) groups is 1. The molecule has 33 heavy (non-hydrogen) atoms. The van der Waals surface area contributed by atoms with E-state index < -0.39 is 0 Å². The molecule has 0 bridgehead atoms. The largest absolute Gasteiger partial charge is 0.496 e. The molecule has 0 saturated carbocycles. The van der Waals surface area contributed by atoms with Crippen LogP contribution in [-0.2, 0) is 4.79 Å². The topological polar surface area (TPSA) is 53.9 Å². The summed E-state index contributed by atoms with van der Waals surface area (Å²) in [5.74, 6) is 0.610. The fourth-order valence-corrected chi connectivity index (χ4v) is 5.29. The number of aryl methyl sites for hydroxylation is 1. The van der Waals surface area contributed by atoms with E-state index in [1.54, 1.807) is 7.11 Å². The molecule has 1 saturated heterocycles.